The Morgan fingerprint density at radius 3 is 2.84 bits per heavy atom. The highest BCUT2D eigenvalue weighted by Crippen LogP contribution is 2.18. The summed E-state index contributed by atoms with van der Waals surface area (Å²) >= 11 is 0. The summed E-state index contributed by atoms with van der Waals surface area (Å²) in [6.45, 7) is 2.67. The first-order valence-electron chi connectivity index (χ1n) is 6.84. The van der Waals surface area contributed by atoms with E-state index in [4.69, 9.17) is 0 Å². The molecule has 1 aromatic rings. The standard InChI is InChI=1S/C13H22N4O2/c1-10(8-17-7-6-14-9-17)15-13(19)16-11-2-4-12(18)5-3-11/h6-7,9-12,18H,2-5,8H2,1H3,(H2,15,16,19). The van der Waals surface area contributed by atoms with Gasteiger partial charge < -0.3 is 20.3 Å². The number of urea groups is 1. The Kier molecular flexibility index (Phi) is 4.79. The number of aliphatic hydroxyl groups is 1. The van der Waals surface area contributed by atoms with Gasteiger partial charge in [0, 0.05) is 31.0 Å². The van der Waals surface area contributed by atoms with Crippen LogP contribution in [0.2, 0.25) is 0 Å². The van der Waals surface area contributed by atoms with Gasteiger partial charge in [-0.1, -0.05) is 0 Å². The molecule has 1 unspecified atom stereocenters. The third-order valence-electron chi connectivity index (χ3n) is 3.45. The molecular formula is C13H22N4O2. The maximum Gasteiger partial charge on any atom is 0.315 e. The van der Waals surface area contributed by atoms with Crippen LogP contribution in [-0.4, -0.2) is 38.9 Å². The molecule has 2 rings (SSSR count). The maximum atomic E-state index is 11.8. The number of carbonyl (C=O) groups is 1. The van der Waals surface area contributed by atoms with E-state index in [0.29, 0.717) is 6.54 Å². The molecule has 1 heterocycles. The van der Waals surface area contributed by atoms with Crippen LogP contribution in [0.1, 0.15) is 32.6 Å². The second-order valence-electron chi connectivity index (χ2n) is 5.28. The van der Waals surface area contributed by atoms with Crippen LogP contribution in [0.15, 0.2) is 18.7 Å². The SMILES string of the molecule is CC(Cn1ccnc1)NC(=O)NC1CCC(O)CC1. The number of aromatic nitrogens is 2. The van der Waals surface area contributed by atoms with Gasteiger partial charge in [-0.05, 0) is 32.6 Å². The zero-order valence-corrected chi connectivity index (χ0v) is 11.2. The normalized spacial score (nSPS) is 24.7. The molecule has 1 aliphatic carbocycles. The number of nitrogens with one attached hydrogen (secondary N) is 2. The summed E-state index contributed by atoms with van der Waals surface area (Å²) in [6, 6.07) is 0.0984. The Morgan fingerprint density at radius 2 is 2.21 bits per heavy atom. The van der Waals surface area contributed by atoms with Crippen molar-refractivity contribution in [1.82, 2.24) is 20.2 Å². The molecule has 6 heteroatoms. The fourth-order valence-corrected chi connectivity index (χ4v) is 2.43. The summed E-state index contributed by atoms with van der Waals surface area (Å²) in [5.74, 6) is 0. The van der Waals surface area contributed by atoms with Crippen molar-refractivity contribution >= 4 is 6.03 Å². The van der Waals surface area contributed by atoms with Crippen molar-refractivity contribution < 1.29 is 9.90 Å². The van der Waals surface area contributed by atoms with Crippen LogP contribution >= 0.6 is 0 Å². The first kappa shape index (κ1) is 13.9. The topological polar surface area (TPSA) is 79.2 Å². The lowest BCUT2D eigenvalue weighted by atomic mass is 9.93. The van der Waals surface area contributed by atoms with E-state index in [-0.39, 0.29) is 24.2 Å². The van der Waals surface area contributed by atoms with Gasteiger partial charge in [0.25, 0.3) is 0 Å². The number of carbonyl (C=O) groups excluding carboxylic acids is 1. The monoisotopic (exact) mass is 266 g/mol. The minimum absolute atomic E-state index is 0.0448. The lowest BCUT2D eigenvalue weighted by Crippen LogP contribution is -2.47. The summed E-state index contributed by atoms with van der Waals surface area (Å²) < 4.78 is 1.93. The predicted octanol–water partition coefficient (Wildman–Crippen LogP) is 0.874. The predicted molar refractivity (Wildman–Crippen MR) is 71.6 cm³/mol. The van der Waals surface area contributed by atoms with E-state index < -0.39 is 0 Å². The summed E-state index contributed by atoms with van der Waals surface area (Å²) in [7, 11) is 0. The van der Waals surface area contributed by atoms with Crippen molar-refractivity contribution in [3.05, 3.63) is 18.7 Å². The van der Waals surface area contributed by atoms with Gasteiger partial charge in [-0.3, -0.25) is 0 Å². The van der Waals surface area contributed by atoms with Crippen LogP contribution in [0.5, 0.6) is 0 Å². The molecule has 2 amide bonds. The molecule has 0 saturated heterocycles. The number of amides is 2. The summed E-state index contributed by atoms with van der Waals surface area (Å²) in [5, 5.41) is 15.3. The molecule has 3 N–H and O–H groups in total. The van der Waals surface area contributed by atoms with Crippen LogP contribution in [-0.2, 0) is 6.54 Å². The highest BCUT2D eigenvalue weighted by Gasteiger charge is 2.21. The Hall–Kier alpha value is -1.56. The minimum Gasteiger partial charge on any atom is -0.393 e. The Bertz CT molecular complexity index is 385. The van der Waals surface area contributed by atoms with Crippen molar-refractivity contribution in [3.8, 4) is 0 Å². The molecular weight excluding hydrogens is 244 g/mol. The van der Waals surface area contributed by atoms with Gasteiger partial charge in [-0.25, -0.2) is 9.78 Å². The molecule has 1 atom stereocenters. The van der Waals surface area contributed by atoms with Crippen molar-refractivity contribution in [2.45, 2.75) is 57.3 Å². The van der Waals surface area contributed by atoms with Crippen LogP contribution in [0.4, 0.5) is 4.79 Å². The van der Waals surface area contributed by atoms with Crippen molar-refractivity contribution in [2.24, 2.45) is 0 Å². The summed E-state index contributed by atoms with van der Waals surface area (Å²) in [6.07, 6.45) is 8.39. The minimum atomic E-state index is -0.193. The quantitative estimate of drug-likeness (QED) is 0.756. The van der Waals surface area contributed by atoms with Gasteiger partial charge in [0.2, 0.25) is 0 Å². The summed E-state index contributed by atoms with van der Waals surface area (Å²) in [5.41, 5.74) is 0. The lowest BCUT2D eigenvalue weighted by Gasteiger charge is -2.27. The van der Waals surface area contributed by atoms with Gasteiger partial charge in [0.05, 0.1) is 12.4 Å². The van der Waals surface area contributed by atoms with Crippen LogP contribution in [0.3, 0.4) is 0 Å². The molecule has 1 aliphatic rings. The third-order valence-corrected chi connectivity index (χ3v) is 3.45. The molecule has 0 aliphatic heterocycles. The Morgan fingerprint density at radius 1 is 1.47 bits per heavy atom. The smallest absolute Gasteiger partial charge is 0.315 e. The number of nitrogens with zero attached hydrogens (tertiary/aromatic N) is 2. The van der Waals surface area contributed by atoms with Gasteiger partial charge in [-0.2, -0.15) is 0 Å². The Labute approximate surface area is 113 Å². The largest absolute Gasteiger partial charge is 0.393 e. The first-order valence-corrected chi connectivity index (χ1v) is 6.84. The van der Waals surface area contributed by atoms with E-state index in [2.05, 4.69) is 15.6 Å². The van der Waals surface area contributed by atoms with Crippen molar-refractivity contribution in [2.75, 3.05) is 0 Å². The molecule has 1 fully saturated rings. The van der Waals surface area contributed by atoms with E-state index in [9.17, 15) is 9.90 Å². The zero-order valence-electron chi connectivity index (χ0n) is 11.2. The molecule has 0 radical (unpaired) electrons. The van der Waals surface area contributed by atoms with Gasteiger partial charge in [0.1, 0.15) is 0 Å². The molecule has 6 nitrogen and oxygen atoms in total. The fourth-order valence-electron chi connectivity index (χ4n) is 2.43. The average molecular weight is 266 g/mol. The fraction of sp³-hybridized carbons (Fsp3) is 0.692. The van der Waals surface area contributed by atoms with Crippen molar-refractivity contribution in [1.29, 1.82) is 0 Å². The maximum absolute atomic E-state index is 11.8. The van der Waals surface area contributed by atoms with E-state index >= 15 is 0 Å². The first-order chi connectivity index (χ1) is 9.13. The van der Waals surface area contributed by atoms with Crippen LogP contribution in [0, 0.1) is 0 Å². The number of rotatable bonds is 4. The van der Waals surface area contributed by atoms with Crippen LogP contribution < -0.4 is 10.6 Å². The molecule has 106 valence electrons. The van der Waals surface area contributed by atoms with Gasteiger partial charge >= 0.3 is 6.03 Å². The number of imidazole rings is 1. The Balaban J connectivity index is 1.69. The molecule has 0 bridgehead atoms. The molecule has 0 spiro atoms. The second kappa shape index (κ2) is 6.56. The van der Waals surface area contributed by atoms with Gasteiger partial charge in [-0.15, -0.1) is 0 Å². The number of aliphatic hydroxyl groups excluding tert-OH is 1. The number of hydrogen-bond donors (Lipinski definition) is 3. The number of hydrogen-bond acceptors (Lipinski definition) is 3. The molecule has 19 heavy (non-hydrogen) atoms. The lowest BCUT2D eigenvalue weighted by molar-refractivity contribution is 0.117. The summed E-state index contributed by atoms with van der Waals surface area (Å²) in [4.78, 5) is 15.8. The van der Waals surface area contributed by atoms with E-state index in [1.807, 2.05) is 17.7 Å². The van der Waals surface area contributed by atoms with Crippen molar-refractivity contribution in [3.63, 3.8) is 0 Å². The van der Waals surface area contributed by atoms with E-state index in [0.717, 1.165) is 25.7 Å². The highest BCUT2D eigenvalue weighted by atomic mass is 16.3. The highest BCUT2D eigenvalue weighted by molar-refractivity contribution is 5.74. The van der Waals surface area contributed by atoms with Crippen LogP contribution in [0.25, 0.3) is 0 Å². The average Bonchev–Trinajstić information content (AvgIpc) is 2.84. The van der Waals surface area contributed by atoms with E-state index in [1.54, 1.807) is 12.5 Å². The second-order valence-corrected chi connectivity index (χ2v) is 5.28. The molecule has 1 saturated carbocycles. The van der Waals surface area contributed by atoms with E-state index in [1.165, 1.54) is 0 Å². The molecule has 1 aromatic heterocycles. The van der Waals surface area contributed by atoms with Gasteiger partial charge in [0.15, 0.2) is 0 Å². The third kappa shape index (κ3) is 4.55. The zero-order chi connectivity index (χ0) is 13.7. The molecule has 0 aromatic carbocycles.